The largest absolute Gasteiger partial charge is 0.497 e. The third-order valence-corrected chi connectivity index (χ3v) is 2.91. The predicted molar refractivity (Wildman–Crippen MR) is 70.6 cm³/mol. The Bertz CT molecular complexity index is 298. The lowest BCUT2D eigenvalue weighted by Crippen LogP contribution is -2.22. The summed E-state index contributed by atoms with van der Waals surface area (Å²) in [5.74, 6) is 1.53. The zero-order valence-corrected chi connectivity index (χ0v) is 11.0. The van der Waals surface area contributed by atoms with Crippen molar-refractivity contribution in [2.45, 2.75) is 12.8 Å². The average Bonchev–Trinajstić information content (AvgIpc) is 2.37. The highest BCUT2D eigenvalue weighted by atomic mass is 16.5. The highest BCUT2D eigenvalue weighted by Gasteiger charge is 2.08. The van der Waals surface area contributed by atoms with Crippen LogP contribution in [0.15, 0.2) is 24.3 Å². The van der Waals surface area contributed by atoms with Gasteiger partial charge in [0, 0.05) is 13.7 Å². The van der Waals surface area contributed by atoms with Gasteiger partial charge in [0.15, 0.2) is 0 Å². The van der Waals surface area contributed by atoms with Crippen LogP contribution in [0.2, 0.25) is 0 Å². The summed E-state index contributed by atoms with van der Waals surface area (Å²) in [7, 11) is 5.44. The minimum atomic E-state index is 0.619. The van der Waals surface area contributed by atoms with Crippen LogP contribution in [0.1, 0.15) is 12.0 Å². The van der Waals surface area contributed by atoms with E-state index in [0.717, 1.165) is 31.7 Å². The van der Waals surface area contributed by atoms with Crippen LogP contribution in [0.25, 0.3) is 0 Å². The maximum Gasteiger partial charge on any atom is 0.118 e. The molecule has 1 N–H and O–H groups in total. The fourth-order valence-corrected chi connectivity index (χ4v) is 1.94. The topological polar surface area (TPSA) is 30.5 Å². The summed E-state index contributed by atoms with van der Waals surface area (Å²) in [6, 6.07) is 8.30. The van der Waals surface area contributed by atoms with Crippen molar-refractivity contribution in [2.24, 2.45) is 5.92 Å². The van der Waals surface area contributed by atoms with Gasteiger partial charge in [-0.15, -0.1) is 0 Å². The molecule has 17 heavy (non-hydrogen) atoms. The van der Waals surface area contributed by atoms with E-state index >= 15 is 0 Å². The van der Waals surface area contributed by atoms with E-state index in [9.17, 15) is 0 Å². The van der Waals surface area contributed by atoms with Crippen LogP contribution in [-0.2, 0) is 11.2 Å². The Hall–Kier alpha value is -1.06. The second-order valence-electron chi connectivity index (χ2n) is 4.26. The van der Waals surface area contributed by atoms with E-state index in [0.29, 0.717) is 5.92 Å². The first-order valence-electron chi connectivity index (χ1n) is 6.06. The SMILES string of the molecule is CNCC(CCOC)Cc1ccc(OC)cc1. The van der Waals surface area contributed by atoms with Crippen LogP contribution in [-0.4, -0.2) is 34.4 Å². The van der Waals surface area contributed by atoms with Crippen LogP contribution in [0.3, 0.4) is 0 Å². The fraction of sp³-hybridized carbons (Fsp3) is 0.571. The molecule has 0 fully saturated rings. The number of benzene rings is 1. The van der Waals surface area contributed by atoms with Gasteiger partial charge in [0.25, 0.3) is 0 Å². The first-order valence-corrected chi connectivity index (χ1v) is 6.06. The van der Waals surface area contributed by atoms with Gasteiger partial charge < -0.3 is 14.8 Å². The van der Waals surface area contributed by atoms with E-state index in [1.807, 2.05) is 19.2 Å². The van der Waals surface area contributed by atoms with Gasteiger partial charge in [-0.25, -0.2) is 0 Å². The number of nitrogens with one attached hydrogen (secondary N) is 1. The quantitative estimate of drug-likeness (QED) is 0.751. The van der Waals surface area contributed by atoms with E-state index in [1.54, 1.807) is 14.2 Å². The Morgan fingerprint density at radius 3 is 2.41 bits per heavy atom. The van der Waals surface area contributed by atoms with Crippen molar-refractivity contribution >= 4 is 0 Å². The molecule has 1 aromatic carbocycles. The molecule has 0 aliphatic carbocycles. The van der Waals surface area contributed by atoms with Gasteiger partial charge in [-0.1, -0.05) is 12.1 Å². The number of hydrogen-bond acceptors (Lipinski definition) is 3. The fourth-order valence-electron chi connectivity index (χ4n) is 1.94. The van der Waals surface area contributed by atoms with Gasteiger partial charge in [0.1, 0.15) is 5.75 Å². The molecule has 3 heteroatoms. The molecule has 0 spiro atoms. The van der Waals surface area contributed by atoms with E-state index in [4.69, 9.17) is 9.47 Å². The van der Waals surface area contributed by atoms with Gasteiger partial charge in [-0.3, -0.25) is 0 Å². The zero-order valence-electron chi connectivity index (χ0n) is 11.0. The van der Waals surface area contributed by atoms with Crippen molar-refractivity contribution in [2.75, 3.05) is 34.4 Å². The number of ether oxygens (including phenoxy) is 2. The van der Waals surface area contributed by atoms with Crippen LogP contribution in [0, 0.1) is 5.92 Å². The number of methoxy groups -OCH3 is 2. The Balaban J connectivity index is 2.51. The van der Waals surface area contributed by atoms with Gasteiger partial charge in [-0.2, -0.15) is 0 Å². The number of hydrogen-bond donors (Lipinski definition) is 1. The molecule has 1 unspecified atom stereocenters. The van der Waals surface area contributed by atoms with Gasteiger partial charge >= 0.3 is 0 Å². The summed E-state index contributed by atoms with van der Waals surface area (Å²) in [6.45, 7) is 1.85. The molecule has 0 bridgehead atoms. The summed E-state index contributed by atoms with van der Waals surface area (Å²) < 4.78 is 10.3. The summed E-state index contributed by atoms with van der Waals surface area (Å²) in [6.07, 6.45) is 2.16. The van der Waals surface area contributed by atoms with E-state index in [-0.39, 0.29) is 0 Å². The second-order valence-corrected chi connectivity index (χ2v) is 4.26. The highest BCUT2D eigenvalue weighted by Crippen LogP contribution is 2.16. The van der Waals surface area contributed by atoms with Crippen molar-refractivity contribution in [3.63, 3.8) is 0 Å². The molecule has 0 amide bonds. The summed E-state index contributed by atoms with van der Waals surface area (Å²) in [5.41, 5.74) is 1.35. The van der Waals surface area contributed by atoms with E-state index in [1.165, 1.54) is 5.56 Å². The Labute approximate surface area is 104 Å². The molecule has 1 aromatic rings. The van der Waals surface area contributed by atoms with Crippen molar-refractivity contribution in [3.05, 3.63) is 29.8 Å². The molecule has 0 radical (unpaired) electrons. The van der Waals surface area contributed by atoms with Crippen molar-refractivity contribution < 1.29 is 9.47 Å². The Morgan fingerprint density at radius 2 is 1.88 bits per heavy atom. The highest BCUT2D eigenvalue weighted by molar-refractivity contribution is 5.27. The number of rotatable bonds is 8. The minimum absolute atomic E-state index is 0.619. The third kappa shape index (κ3) is 5.20. The molecule has 0 saturated carbocycles. The summed E-state index contributed by atoms with van der Waals surface area (Å²) in [5, 5.41) is 3.24. The van der Waals surface area contributed by atoms with E-state index < -0.39 is 0 Å². The molecular weight excluding hydrogens is 214 g/mol. The predicted octanol–water partition coefficient (Wildman–Crippen LogP) is 2.11. The maximum absolute atomic E-state index is 5.15. The zero-order chi connectivity index (χ0) is 12.5. The average molecular weight is 237 g/mol. The summed E-state index contributed by atoms with van der Waals surface area (Å²) >= 11 is 0. The molecule has 1 rings (SSSR count). The smallest absolute Gasteiger partial charge is 0.118 e. The monoisotopic (exact) mass is 237 g/mol. The second kappa shape index (κ2) is 8.09. The minimum Gasteiger partial charge on any atom is -0.497 e. The standard InChI is InChI=1S/C14H23NO2/c1-15-11-13(8-9-16-2)10-12-4-6-14(17-3)7-5-12/h4-7,13,15H,8-11H2,1-3H3. The molecule has 0 aliphatic heterocycles. The molecule has 96 valence electrons. The van der Waals surface area contributed by atoms with Crippen LogP contribution in [0.5, 0.6) is 5.75 Å². The lowest BCUT2D eigenvalue weighted by molar-refractivity contribution is 0.176. The maximum atomic E-state index is 5.15. The molecule has 3 nitrogen and oxygen atoms in total. The Morgan fingerprint density at radius 1 is 1.18 bits per heavy atom. The third-order valence-electron chi connectivity index (χ3n) is 2.91. The molecule has 0 aromatic heterocycles. The van der Waals surface area contributed by atoms with Gasteiger partial charge in [0.2, 0.25) is 0 Å². The van der Waals surface area contributed by atoms with E-state index in [2.05, 4.69) is 17.4 Å². The van der Waals surface area contributed by atoms with Crippen LogP contribution < -0.4 is 10.1 Å². The lowest BCUT2D eigenvalue weighted by Gasteiger charge is -2.16. The molecular formula is C14H23NO2. The van der Waals surface area contributed by atoms with Crippen LogP contribution >= 0.6 is 0 Å². The molecule has 0 saturated heterocycles. The lowest BCUT2D eigenvalue weighted by atomic mass is 9.96. The Kier molecular flexibility index (Phi) is 6.67. The van der Waals surface area contributed by atoms with Crippen molar-refractivity contribution in [3.8, 4) is 5.75 Å². The summed E-state index contributed by atoms with van der Waals surface area (Å²) in [4.78, 5) is 0. The van der Waals surface area contributed by atoms with Gasteiger partial charge in [-0.05, 0) is 50.0 Å². The van der Waals surface area contributed by atoms with Crippen molar-refractivity contribution in [1.29, 1.82) is 0 Å². The molecule has 1 atom stereocenters. The first kappa shape index (κ1) is 14.0. The van der Waals surface area contributed by atoms with Gasteiger partial charge in [0.05, 0.1) is 7.11 Å². The molecule has 0 heterocycles. The first-order chi connectivity index (χ1) is 8.30. The van der Waals surface area contributed by atoms with Crippen LogP contribution in [0.4, 0.5) is 0 Å². The normalized spacial score (nSPS) is 12.4. The van der Waals surface area contributed by atoms with Crippen molar-refractivity contribution in [1.82, 2.24) is 5.32 Å². The molecule has 0 aliphatic rings.